The van der Waals surface area contributed by atoms with Gasteiger partial charge in [0.2, 0.25) is 0 Å². The highest BCUT2D eigenvalue weighted by Gasteiger charge is 2.22. The van der Waals surface area contributed by atoms with Gasteiger partial charge < -0.3 is 5.32 Å². The number of sulfonamides is 1. The van der Waals surface area contributed by atoms with Gasteiger partial charge in [-0.2, -0.15) is 0 Å². The van der Waals surface area contributed by atoms with Crippen LogP contribution in [0.3, 0.4) is 0 Å². The van der Waals surface area contributed by atoms with E-state index in [-0.39, 0.29) is 27.4 Å². The predicted molar refractivity (Wildman–Crippen MR) is 130 cm³/mol. The van der Waals surface area contributed by atoms with Crippen molar-refractivity contribution in [2.75, 3.05) is 4.72 Å². The Kier molecular flexibility index (Phi) is 6.96. The van der Waals surface area contributed by atoms with Crippen molar-refractivity contribution >= 4 is 33.2 Å². The molecule has 0 unspecified atom stereocenters. The zero-order chi connectivity index (χ0) is 23.6. The van der Waals surface area contributed by atoms with E-state index < -0.39 is 10.0 Å². The fourth-order valence-corrected chi connectivity index (χ4v) is 5.20. The van der Waals surface area contributed by atoms with Crippen LogP contribution in [0.1, 0.15) is 51.1 Å². The van der Waals surface area contributed by atoms with Gasteiger partial charge >= 0.3 is 0 Å². The lowest BCUT2D eigenvalue weighted by Crippen LogP contribution is -2.27. The molecule has 0 aliphatic rings. The molecule has 0 saturated carbocycles. The van der Waals surface area contributed by atoms with Crippen LogP contribution >= 0.6 is 11.6 Å². The maximum atomic E-state index is 13.0. The number of hydrogen-bond acceptors (Lipinski definition) is 3. The molecule has 3 rings (SSSR count). The predicted octanol–water partition coefficient (Wildman–Crippen LogP) is 5.87. The van der Waals surface area contributed by atoms with Crippen molar-refractivity contribution in [1.29, 1.82) is 0 Å². The Morgan fingerprint density at radius 2 is 1.53 bits per heavy atom. The van der Waals surface area contributed by atoms with Crippen LogP contribution in [0.25, 0.3) is 0 Å². The van der Waals surface area contributed by atoms with E-state index in [1.165, 1.54) is 23.8 Å². The number of amides is 1. The van der Waals surface area contributed by atoms with E-state index in [1.54, 1.807) is 25.1 Å². The summed E-state index contributed by atoms with van der Waals surface area (Å²) in [6.07, 6.45) is 0. The molecule has 0 aliphatic carbocycles. The molecule has 2 N–H and O–H groups in total. The van der Waals surface area contributed by atoms with Crippen molar-refractivity contribution < 1.29 is 13.2 Å². The molecule has 7 heteroatoms. The lowest BCUT2D eigenvalue weighted by molar-refractivity contribution is 0.0939. The molecule has 5 nitrogen and oxygen atoms in total. The average molecular weight is 471 g/mol. The number of para-hydroxylation sites is 1. The third-order valence-corrected chi connectivity index (χ3v) is 7.42. The Bertz CT molecular complexity index is 1290. The van der Waals surface area contributed by atoms with Crippen LogP contribution in [0.4, 0.5) is 5.69 Å². The van der Waals surface area contributed by atoms with Crippen molar-refractivity contribution in [3.8, 4) is 0 Å². The maximum Gasteiger partial charge on any atom is 0.263 e. The number of aryl methyl sites for hydroxylation is 4. The van der Waals surface area contributed by atoms with Crippen molar-refractivity contribution in [3.05, 3.63) is 93.0 Å². The van der Waals surface area contributed by atoms with Gasteiger partial charge in [0.1, 0.15) is 4.90 Å². The smallest absolute Gasteiger partial charge is 0.263 e. The molecule has 3 aromatic carbocycles. The molecule has 0 spiro atoms. The van der Waals surface area contributed by atoms with Gasteiger partial charge in [-0.25, -0.2) is 8.42 Å². The first-order valence-corrected chi connectivity index (χ1v) is 12.1. The highest BCUT2D eigenvalue weighted by molar-refractivity contribution is 7.92. The van der Waals surface area contributed by atoms with Gasteiger partial charge in [0.05, 0.1) is 16.8 Å². The zero-order valence-electron chi connectivity index (χ0n) is 18.8. The third-order valence-electron chi connectivity index (χ3n) is 5.57. The topological polar surface area (TPSA) is 75.3 Å². The highest BCUT2D eigenvalue weighted by Crippen LogP contribution is 2.27. The van der Waals surface area contributed by atoms with E-state index in [9.17, 15) is 13.2 Å². The molecule has 0 fully saturated rings. The van der Waals surface area contributed by atoms with Gasteiger partial charge in [-0.05, 0) is 86.7 Å². The molecule has 0 bridgehead atoms. The second-order valence-corrected chi connectivity index (χ2v) is 10.1. The fourth-order valence-electron chi connectivity index (χ4n) is 3.54. The second-order valence-electron chi connectivity index (χ2n) is 8.05. The summed E-state index contributed by atoms with van der Waals surface area (Å²) in [5.74, 6) is -0.376. The monoisotopic (exact) mass is 470 g/mol. The Balaban J connectivity index is 1.87. The molecule has 168 valence electrons. The Hall–Kier alpha value is -2.83. The number of benzene rings is 3. The molecule has 32 heavy (non-hydrogen) atoms. The first-order valence-electron chi connectivity index (χ1n) is 10.3. The minimum atomic E-state index is -3.98. The zero-order valence-corrected chi connectivity index (χ0v) is 20.4. The molecular formula is C25H27ClN2O3S. The first-order chi connectivity index (χ1) is 15.0. The van der Waals surface area contributed by atoms with E-state index >= 15 is 0 Å². The molecule has 0 aromatic heterocycles. The molecule has 3 aromatic rings. The molecule has 0 heterocycles. The number of carbonyl (C=O) groups excluding carboxylic acids is 1. The van der Waals surface area contributed by atoms with E-state index in [0.717, 1.165) is 22.3 Å². The summed E-state index contributed by atoms with van der Waals surface area (Å²) < 4.78 is 28.5. The van der Waals surface area contributed by atoms with Crippen molar-refractivity contribution in [2.45, 2.75) is 45.6 Å². The van der Waals surface area contributed by atoms with Gasteiger partial charge in [0, 0.05) is 5.56 Å². The molecular weight excluding hydrogens is 444 g/mol. The van der Waals surface area contributed by atoms with Crippen LogP contribution in [0.5, 0.6) is 0 Å². The van der Waals surface area contributed by atoms with E-state index in [1.807, 2.05) is 26.8 Å². The standard InChI is InChI=1S/C25H27ClN2O3S/c1-15-8-6-7-9-23(15)28-32(30,31)24-14-20(10-11-22(24)26)25(29)27-19(5)21-13-17(3)16(2)12-18(21)4/h6-14,19,28H,1-5H3,(H,27,29)/t19-/m1/s1. The number of anilines is 1. The summed E-state index contributed by atoms with van der Waals surface area (Å²) in [6, 6.07) is 15.2. The number of hydrogen-bond donors (Lipinski definition) is 2. The van der Waals surface area contributed by atoms with E-state index in [0.29, 0.717) is 5.69 Å². The number of carbonyl (C=O) groups is 1. The van der Waals surface area contributed by atoms with E-state index in [2.05, 4.69) is 29.1 Å². The van der Waals surface area contributed by atoms with Crippen LogP contribution in [-0.2, 0) is 10.0 Å². The van der Waals surface area contributed by atoms with Crippen LogP contribution in [0.15, 0.2) is 59.5 Å². The highest BCUT2D eigenvalue weighted by atomic mass is 35.5. The lowest BCUT2D eigenvalue weighted by atomic mass is 9.96. The summed E-state index contributed by atoms with van der Waals surface area (Å²) >= 11 is 6.20. The van der Waals surface area contributed by atoms with Gasteiger partial charge in [0.25, 0.3) is 15.9 Å². The van der Waals surface area contributed by atoms with Gasteiger partial charge in [-0.1, -0.05) is 41.9 Å². The van der Waals surface area contributed by atoms with Crippen molar-refractivity contribution in [3.63, 3.8) is 0 Å². The molecule has 1 amide bonds. The molecule has 0 radical (unpaired) electrons. The second kappa shape index (κ2) is 9.35. The van der Waals surface area contributed by atoms with Crippen LogP contribution < -0.4 is 10.0 Å². The third kappa shape index (κ3) is 5.14. The van der Waals surface area contributed by atoms with Crippen molar-refractivity contribution in [1.82, 2.24) is 5.32 Å². The number of rotatable bonds is 6. The Labute approximate surface area is 194 Å². The normalized spacial score (nSPS) is 12.3. The van der Waals surface area contributed by atoms with Crippen LogP contribution in [0, 0.1) is 27.7 Å². The van der Waals surface area contributed by atoms with Crippen LogP contribution in [-0.4, -0.2) is 14.3 Å². The SMILES string of the molecule is Cc1cc(C)c([C@@H](C)NC(=O)c2ccc(Cl)c(S(=O)(=O)Nc3ccccc3C)c2)cc1C. The number of nitrogens with one attached hydrogen (secondary N) is 2. The van der Waals surface area contributed by atoms with Gasteiger partial charge in [-0.15, -0.1) is 0 Å². The lowest BCUT2D eigenvalue weighted by Gasteiger charge is -2.19. The van der Waals surface area contributed by atoms with Crippen LogP contribution in [0.2, 0.25) is 5.02 Å². The van der Waals surface area contributed by atoms with E-state index in [4.69, 9.17) is 11.6 Å². The quantitative estimate of drug-likeness (QED) is 0.473. The summed E-state index contributed by atoms with van der Waals surface area (Å²) in [5, 5.41) is 3.00. The maximum absolute atomic E-state index is 13.0. The number of halogens is 1. The summed E-state index contributed by atoms with van der Waals surface area (Å²) in [5.41, 5.74) is 5.89. The summed E-state index contributed by atoms with van der Waals surface area (Å²) in [6.45, 7) is 9.80. The summed E-state index contributed by atoms with van der Waals surface area (Å²) in [7, 11) is -3.98. The first kappa shape index (κ1) is 23.8. The molecule has 0 aliphatic heterocycles. The molecule has 1 atom stereocenters. The van der Waals surface area contributed by atoms with Gasteiger partial charge in [-0.3, -0.25) is 9.52 Å². The van der Waals surface area contributed by atoms with Crippen molar-refractivity contribution in [2.24, 2.45) is 0 Å². The summed E-state index contributed by atoms with van der Waals surface area (Å²) in [4.78, 5) is 12.8. The largest absolute Gasteiger partial charge is 0.346 e. The Morgan fingerprint density at radius 1 is 0.875 bits per heavy atom. The minimum Gasteiger partial charge on any atom is -0.346 e. The Morgan fingerprint density at radius 3 is 2.22 bits per heavy atom. The average Bonchev–Trinajstić information content (AvgIpc) is 2.72. The minimum absolute atomic E-state index is 0.0423. The fraction of sp³-hybridized carbons (Fsp3) is 0.240. The van der Waals surface area contributed by atoms with Gasteiger partial charge in [0.15, 0.2) is 0 Å². The molecule has 0 saturated heterocycles.